The van der Waals surface area contributed by atoms with Gasteiger partial charge in [0.15, 0.2) is 0 Å². The van der Waals surface area contributed by atoms with Crippen molar-refractivity contribution in [1.29, 1.82) is 0 Å². The Bertz CT molecular complexity index is 542. The van der Waals surface area contributed by atoms with Crippen LogP contribution in [0.1, 0.15) is 57.8 Å². The summed E-state index contributed by atoms with van der Waals surface area (Å²) in [6.07, 6.45) is 9.11. The number of carbonyl (C=O) groups excluding carboxylic acids is 1. The second-order valence-electron chi connectivity index (χ2n) is 10.2. The molecule has 1 heterocycles. The van der Waals surface area contributed by atoms with Crippen molar-refractivity contribution in [2.75, 3.05) is 26.4 Å². The van der Waals surface area contributed by atoms with Crippen molar-refractivity contribution in [1.82, 2.24) is 10.6 Å². The Labute approximate surface area is 185 Å². The Morgan fingerprint density at radius 2 is 1.63 bits per heavy atom. The number of carbonyl (C=O) groups is 1. The van der Waals surface area contributed by atoms with Crippen molar-refractivity contribution in [2.45, 2.75) is 82.1 Å². The summed E-state index contributed by atoms with van der Waals surface area (Å²) in [5.74, 6) is 2.57. The molecule has 0 aromatic carbocycles. The summed E-state index contributed by atoms with van der Waals surface area (Å²) in [7, 11) is 0. The molecule has 5 N–H and O–H groups in total. The summed E-state index contributed by atoms with van der Waals surface area (Å²) in [5.41, 5.74) is 0.481. The minimum atomic E-state index is -1.19. The molecule has 4 aliphatic carbocycles. The lowest BCUT2D eigenvalue weighted by Crippen LogP contribution is -2.48. The summed E-state index contributed by atoms with van der Waals surface area (Å²) in [5, 5.41) is 34.4. The van der Waals surface area contributed by atoms with E-state index >= 15 is 0 Å². The summed E-state index contributed by atoms with van der Waals surface area (Å²) in [6, 6.07) is -1.53. The lowest BCUT2D eigenvalue weighted by atomic mass is 9.50. The van der Waals surface area contributed by atoms with Crippen LogP contribution in [0.2, 0.25) is 0 Å². The van der Waals surface area contributed by atoms with Crippen LogP contribution in [0.4, 0.5) is 0 Å². The van der Waals surface area contributed by atoms with E-state index in [1.54, 1.807) is 0 Å². The number of nitrogens with one attached hydrogen (secondary N) is 2. The third-order valence-corrected chi connectivity index (χ3v) is 7.81. The Balaban J connectivity index is 0.00000256. The van der Waals surface area contributed by atoms with Gasteiger partial charge in [0.25, 0.3) is 0 Å². The van der Waals surface area contributed by atoms with Crippen LogP contribution in [0, 0.1) is 23.2 Å². The first-order valence-corrected chi connectivity index (χ1v) is 11.6. The predicted octanol–water partition coefficient (Wildman–Crippen LogP) is 0.982. The molecule has 7 nitrogen and oxygen atoms in total. The standard InChI is InChI=1S/C22H38N2O5.ClH/c25-12-17-19(26)20(27)18(24-17)21(28)23-4-2-1-3-5-29-13-22-9-14-6-15(10-22)8-16(7-14)11-22;/h14-20,24-27H,1-13H2,(H,23,28);1H/t14?,15?,16?,17-,18+,19+,20-,22?;/m1./s1. The maximum atomic E-state index is 12.2. The van der Waals surface area contributed by atoms with Gasteiger partial charge in [-0.05, 0) is 81.0 Å². The molecule has 1 saturated heterocycles. The van der Waals surface area contributed by atoms with Crippen molar-refractivity contribution in [3.05, 3.63) is 0 Å². The number of hydrogen-bond donors (Lipinski definition) is 5. The molecule has 1 aliphatic heterocycles. The van der Waals surface area contributed by atoms with Crippen LogP contribution >= 0.6 is 12.4 Å². The minimum Gasteiger partial charge on any atom is -0.395 e. The van der Waals surface area contributed by atoms with Crippen LogP contribution in [0.15, 0.2) is 0 Å². The molecule has 5 aliphatic rings. The molecule has 0 aromatic heterocycles. The predicted molar refractivity (Wildman–Crippen MR) is 115 cm³/mol. The topological polar surface area (TPSA) is 111 Å². The van der Waals surface area contributed by atoms with Gasteiger partial charge in [-0.2, -0.15) is 0 Å². The third kappa shape index (κ3) is 5.30. The largest absolute Gasteiger partial charge is 0.395 e. The highest BCUT2D eigenvalue weighted by atomic mass is 35.5. The molecule has 174 valence electrons. The Kier molecular flexibility index (Phi) is 8.43. The number of aliphatic hydroxyl groups excluding tert-OH is 3. The molecule has 4 bridgehead atoms. The van der Waals surface area contributed by atoms with E-state index in [1.165, 1.54) is 38.5 Å². The highest BCUT2D eigenvalue weighted by Crippen LogP contribution is 2.60. The molecule has 0 radical (unpaired) electrons. The van der Waals surface area contributed by atoms with E-state index in [-0.39, 0.29) is 24.9 Å². The molecule has 1 amide bonds. The molecule has 5 rings (SSSR count). The van der Waals surface area contributed by atoms with Crippen molar-refractivity contribution in [2.24, 2.45) is 23.2 Å². The highest BCUT2D eigenvalue weighted by Gasteiger charge is 2.50. The zero-order valence-electron chi connectivity index (χ0n) is 17.8. The number of rotatable bonds is 10. The lowest BCUT2D eigenvalue weighted by Gasteiger charge is -2.56. The van der Waals surface area contributed by atoms with E-state index in [0.717, 1.165) is 50.2 Å². The summed E-state index contributed by atoms with van der Waals surface area (Å²) < 4.78 is 6.10. The Hall–Kier alpha value is -0.440. The SMILES string of the molecule is Cl.O=C(NCCCCCOCC12CC3CC(CC(C3)C1)C2)[C@H]1N[C@H](CO)[C@H](O)[C@@H]1O. The number of hydrogen-bond acceptors (Lipinski definition) is 6. The summed E-state index contributed by atoms with van der Waals surface area (Å²) in [6.45, 7) is 1.96. The van der Waals surface area contributed by atoms with E-state index < -0.39 is 24.3 Å². The number of amides is 1. The quantitative estimate of drug-likeness (QED) is 0.320. The molecular formula is C22H39ClN2O5. The molecular weight excluding hydrogens is 408 g/mol. The van der Waals surface area contributed by atoms with Crippen LogP contribution in [-0.4, -0.2) is 71.9 Å². The number of unbranched alkanes of at least 4 members (excludes halogenated alkanes) is 2. The fraction of sp³-hybridized carbons (Fsp3) is 0.955. The van der Waals surface area contributed by atoms with E-state index in [1.807, 2.05) is 0 Å². The average Bonchev–Trinajstić information content (AvgIpc) is 2.97. The first-order valence-electron chi connectivity index (χ1n) is 11.6. The van der Waals surface area contributed by atoms with Gasteiger partial charge in [0, 0.05) is 13.2 Å². The highest BCUT2D eigenvalue weighted by molar-refractivity contribution is 5.85. The van der Waals surface area contributed by atoms with Gasteiger partial charge in [-0.25, -0.2) is 0 Å². The fourth-order valence-corrected chi connectivity index (χ4v) is 6.84. The first-order chi connectivity index (χ1) is 14.0. The maximum absolute atomic E-state index is 12.2. The molecule has 8 heteroatoms. The zero-order chi connectivity index (χ0) is 20.4. The van der Waals surface area contributed by atoms with E-state index in [4.69, 9.17) is 9.84 Å². The van der Waals surface area contributed by atoms with E-state index in [9.17, 15) is 15.0 Å². The van der Waals surface area contributed by atoms with Gasteiger partial charge in [0.05, 0.1) is 25.4 Å². The zero-order valence-corrected chi connectivity index (χ0v) is 18.6. The molecule has 0 spiro atoms. The molecule has 30 heavy (non-hydrogen) atoms. The number of aliphatic hydroxyl groups is 3. The van der Waals surface area contributed by atoms with Crippen LogP contribution in [0.5, 0.6) is 0 Å². The van der Waals surface area contributed by atoms with Gasteiger partial charge < -0.3 is 25.4 Å². The molecule has 5 fully saturated rings. The average molecular weight is 447 g/mol. The van der Waals surface area contributed by atoms with Crippen molar-refractivity contribution in [3.8, 4) is 0 Å². The molecule has 0 aromatic rings. The minimum absolute atomic E-state index is 0. The lowest BCUT2D eigenvalue weighted by molar-refractivity contribution is -0.125. The van der Waals surface area contributed by atoms with E-state index in [0.29, 0.717) is 12.0 Å². The monoisotopic (exact) mass is 446 g/mol. The normalized spacial score (nSPS) is 41.6. The Morgan fingerprint density at radius 3 is 2.20 bits per heavy atom. The van der Waals surface area contributed by atoms with Gasteiger partial charge in [-0.15, -0.1) is 12.4 Å². The van der Waals surface area contributed by atoms with Crippen LogP contribution in [0.3, 0.4) is 0 Å². The molecule has 4 saturated carbocycles. The maximum Gasteiger partial charge on any atom is 0.239 e. The number of ether oxygens (including phenoxy) is 1. The molecule has 0 unspecified atom stereocenters. The number of halogens is 1. The van der Waals surface area contributed by atoms with Crippen molar-refractivity contribution >= 4 is 18.3 Å². The van der Waals surface area contributed by atoms with Crippen LogP contribution < -0.4 is 10.6 Å². The van der Waals surface area contributed by atoms with Gasteiger partial charge in [0.2, 0.25) is 5.91 Å². The Morgan fingerprint density at radius 1 is 1.00 bits per heavy atom. The van der Waals surface area contributed by atoms with Gasteiger partial charge in [0.1, 0.15) is 12.1 Å². The fourth-order valence-electron chi connectivity index (χ4n) is 6.84. The van der Waals surface area contributed by atoms with Crippen LogP contribution in [0.25, 0.3) is 0 Å². The smallest absolute Gasteiger partial charge is 0.239 e. The first kappa shape index (κ1) is 24.2. The van der Waals surface area contributed by atoms with Gasteiger partial charge in [-0.3, -0.25) is 10.1 Å². The van der Waals surface area contributed by atoms with Gasteiger partial charge >= 0.3 is 0 Å². The molecule has 4 atom stereocenters. The van der Waals surface area contributed by atoms with Crippen LogP contribution in [-0.2, 0) is 9.53 Å². The summed E-state index contributed by atoms with van der Waals surface area (Å²) in [4.78, 5) is 12.2. The van der Waals surface area contributed by atoms with Gasteiger partial charge in [-0.1, -0.05) is 0 Å². The van der Waals surface area contributed by atoms with E-state index in [2.05, 4.69) is 10.6 Å². The second kappa shape index (κ2) is 10.5. The third-order valence-electron chi connectivity index (χ3n) is 7.81. The van der Waals surface area contributed by atoms with Crippen molar-refractivity contribution in [3.63, 3.8) is 0 Å². The summed E-state index contributed by atoms with van der Waals surface area (Å²) >= 11 is 0. The van der Waals surface area contributed by atoms with Crippen molar-refractivity contribution < 1.29 is 24.9 Å². The second-order valence-corrected chi connectivity index (χ2v) is 10.2.